The van der Waals surface area contributed by atoms with Crippen LogP contribution in [0.2, 0.25) is 0 Å². The van der Waals surface area contributed by atoms with Gasteiger partial charge >= 0.3 is 0 Å². The summed E-state index contributed by atoms with van der Waals surface area (Å²) in [6, 6.07) is 12.5. The number of aromatic hydroxyl groups is 1. The number of amides is 1. The predicted octanol–water partition coefficient (Wildman–Crippen LogP) is 4.51. The number of fused-ring (bicyclic) bond motifs is 1. The Bertz CT molecular complexity index is 869. The summed E-state index contributed by atoms with van der Waals surface area (Å²) in [5, 5.41) is 23.7. The number of rotatable bonds is 7. The maximum absolute atomic E-state index is 12.7. The molecule has 0 unspecified atom stereocenters. The SMILES string of the molecule is CC(C)CN(/C=C(/C#N)C(=O)Nc1cccc2c(O)cccc12)CC(C)C. The van der Waals surface area contributed by atoms with E-state index in [4.69, 9.17) is 0 Å². The monoisotopic (exact) mass is 365 g/mol. The van der Waals surface area contributed by atoms with E-state index < -0.39 is 5.91 Å². The van der Waals surface area contributed by atoms with E-state index in [2.05, 4.69) is 33.0 Å². The van der Waals surface area contributed by atoms with E-state index in [-0.39, 0.29) is 11.3 Å². The summed E-state index contributed by atoms with van der Waals surface area (Å²) in [5.41, 5.74) is 0.627. The first kappa shape index (κ1) is 20.3. The van der Waals surface area contributed by atoms with E-state index >= 15 is 0 Å². The fourth-order valence-corrected chi connectivity index (χ4v) is 3.03. The lowest BCUT2D eigenvalue weighted by atomic mass is 10.1. The summed E-state index contributed by atoms with van der Waals surface area (Å²) >= 11 is 0. The Labute approximate surface area is 160 Å². The summed E-state index contributed by atoms with van der Waals surface area (Å²) in [4.78, 5) is 14.7. The number of hydrogen-bond donors (Lipinski definition) is 2. The number of phenolic OH excluding ortho intramolecular Hbond substituents is 1. The molecular formula is C22H27N3O2. The number of carbonyl (C=O) groups excluding carboxylic acids is 1. The molecule has 0 aliphatic heterocycles. The van der Waals surface area contributed by atoms with Crippen molar-refractivity contribution in [3.05, 3.63) is 48.2 Å². The van der Waals surface area contributed by atoms with Gasteiger partial charge in [0, 0.05) is 35.7 Å². The molecule has 1 amide bonds. The molecule has 2 N–H and O–H groups in total. The Morgan fingerprint density at radius 3 is 2.30 bits per heavy atom. The molecule has 0 aliphatic rings. The third-order valence-corrected chi connectivity index (χ3v) is 4.02. The van der Waals surface area contributed by atoms with E-state index in [9.17, 15) is 15.2 Å². The van der Waals surface area contributed by atoms with Crippen molar-refractivity contribution in [3.63, 3.8) is 0 Å². The highest BCUT2D eigenvalue weighted by molar-refractivity contribution is 6.11. The minimum absolute atomic E-state index is 0.0634. The van der Waals surface area contributed by atoms with Gasteiger partial charge in [-0.15, -0.1) is 0 Å². The maximum Gasteiger partial charge on any atom is 0.267 e. The number of nitrogens with one attached hydrogen (secondary N) is 1. The molecule has 0 fully saturated rings. The lowest BCUT2D eigenvalue weighted by molar-refractivity contribution is -0.112. The zero-order valence-corrected chi connectivity index (χ0v) is 16.4. The maximum atomic E-state index is 12.7. The molecule has 2 rings (SSSR count). The van der Waals surface area contributed by atoms with Gasteiger partial charge in [-0.3, -0.25) is 4.79 Å². The summed E-state index contributed by atoms with van der Waals surface area (Å²) in [5.74, 6) is 0.540. The van der Waals surface area contributed by atoms with Gasteiger partial charge in [0.25, 0.3) is 5.91 Å². The van der Waals surface area contributed by atoms with E-state index in [1.54, 1.807) is 36.5 Å². The Balaban J connectivity index is 2.29. The average Bonchev–Trinajstić information content (AvgIpc) is 2.59. The molecule has 2 aromatic carbocycles. The van der Waals surface area contributed by atoms with Crippen LogP contribution in [-0.2, 0) is 4.79 Å². The third-order valence-electron chi connectivity index (χ3n) is 4.02. The van der Waals surface area contributed by atoms with Gasteiger partial charge in [-0.2, -0.15) is 5.26 Å². The molecule has 27 heavy (non-hydrogen) atoms. The fourth-order valence-electron chi connectivity index (χ4n) is 3.03. The minimum Gasteiger partial charge on any atom is -0.507 e. The Morgan fingerprint density at radius 2 is 1.70 bits per heavy atom. The molecule has 0 spiro atoms. The first-order chi connectivity index (χ1) is 12.8. The quantitative estimate of drug-likeness (QED) is 0.559. The number of nitrogens with zero attached hydrogens (tertiary/aromatic N) is 2. The number of nitriles is 1. The zero-order valence-electron chi connectivity index (χ0n) is 16.4. The number of anilines is 1. The van der Waals surface area contributed by atoms with Crippen LogP contribution in [0.3, 0.4) is 0 Å². The molecule has 2 aromatic rings. The van der Waals surface area contributed by atoms with Crippen molar-refractivity contribution in [1.82, 2.24) is 4.90 Å². The van der Waals surface area contributed by atoms with E-state index in [1.165, 1.54) is 0 Å². The lowest BCUT2D eigenvalue weighted by Crippen LogP contribution is -2.28. The summed E-state index contributed by atoms with van der Waals surface area (Å²) < 4.78 is 0. The highest BCUT2D eigenvalue weighted by Gasteiger charge is 2.15. The van der Waals surface area contributed by atoms with Crippen LogP contribution in [0.25, 0.3) is 10.8 Å². The number of hydrogen-bond acceptors (Lipinski definition) is 4. The van der Waals surface area contributed by atoms with Crippen LogP contribution < -0.4 is 5.32 Å². The summed E-state index contributed by atoms with van der Waals surface area (Å²) in [6.45, 7) is 9.98. The fraction of sp³-hybridized carbons (Fsp3) is 0.364. The molecule has 5 nitrogen and oxygen atoms in total. The van der Waals surface area contributed by atoms with Gasteiger partial charge in [-0.25, -0.2) is 0 Å². The molecule has 0 radical (unpaired) electrons. The molecule has 5 heteroatoms. The summed E-state index contributed by atoms with van der Waals surface area (Å²) in [6.07, 6.45) is 1.65. The van der Waals surface area contributed by atoms with Crippen LogP contribution in [0.5, 0.6) is 5.75 Å². The second-order valence-electron chi connectivity index (χ2n) is 7.53. The topological polar surface area (TPSA) is 76.4 Å². The van der Waals surface area contributed by atoms with Gasteiger partial charge in [0.15, 0.2) is 0 Å². The Hall–Kier alpha value is -3.00. The van der Waals surface area contributed by atoms with Crippen molar-refractivity contribution in [1.29, 1.82) is 5.26 Å². The van der Waals surface area contributed by atoms with Crippen molar-refractivity contribution < 1.29 is 9.90 Å². The van der Waals surface area contributed by atoms with Crippen molar-refractivity contribution in [3.8, 4) is 11.8 Å². The van der Waals surface area contributed by atoms with E-state index in [0.29, 0.717) is 22.9 Å². The smallest absolute Gasteiger partial charge is 0.267 e. The van der Waals surface area contributed by atoms with Gasteiger partial charge in [0.1, 0.15) is 17.4 Å². The standard InChI is InChI=1S/C22H27N3O2/c1-15(2)12-25(13-16(3)4)14-17(11-23)22(27)24-20-9-5-8-19-18(20)7-6-10-21(19)26/h5-10,14-16,26H,12-13H2,1-4H3,(H,24,27)/b17-14-. The first-order valence-electron chi connectivity index (χ1n) is 9.19. The average molecular weight is 365 g/mol. The minimum atomic E-state index is -0.453. The van der Waals surface area contributed by atoms with Crippen molar-refractivity contribution in [2.24, 2.45) is 11.8 Å². The predicted molar refractivity (Wildman–Crippen MR) is 109 cm³/mol. The largest absolute Gasteiger partial charge is 0.507 e. The molecule has 0 aromatic heterocycles. The van der Waals surface area contributed by atoms with Gasteiger partial charge in [0.2, 0.25) is 0 Å². The van der Waals surface area contributed by atoms with Gasteiger partial charge in [-0.05, 0) is 24.0 Å². The highest BCUT2D eigenvalue weighted by atomic mass is 16.3. The van der Waals surface area contributed by atoms with E-state index in [0.717, 1.165) is 18.5 Å². The normalized spacial score (nSPS) is 11.7. The molecule has 0 bridgehead atoms. The van der Waals surface area contributed by atoms with Gasteiger partial charge < -0.3 is 15.3 Å². The van der Waals surface area contributed by atoms with Crippen LogP contribution in [-0.4, -0.2) is 29.0 Å². The van der Waals surface area contributed by atoms with Crippen molar-refractivity contribution in [2.45, 2.75) is 27.7 Å². The Kier molecular flexibility index (Phi) is 6.84. The van der Waals surface area contributed by atoms with Crippen LogP contribution in [0.1, 0.15) is 27.7 Å². The van der Waals surface area contributed by atoms with Crippen molar-refractivity contribution in [2.75, 3.05) is 18.4 Å². The second-order valence-corrected chi connectivity index (χ2v) is 7.53. The van der Waals surface area contributed by atoms with Crippen molar-refractivity contribution >= 4 is 22.4 Å². The molecule has 0 saturated carbocycles. The lowest BCUT2D eigenvalue weighted by Gasteiger charge is -2.25. The molecule has 0 heterocycles. The second kappa shape index (κ2) is 9.09. The molecule has 0 aliphatic carbocycles. The number of phenols is 1. The van der Waals surface area contributed by atoms with Crippen LogP contribution in [0, 0.1) is 23.2 Å². The molecule has 0 atom stereocenters. The summed E-state index contributed by atoms with van der Waals surface area (Å²) in [7, 11) is 0. The highest BCUT2D eigenvalue weighted by Crippen LogP contribution is 2.30. The van der Waals surface area contributed by atoms with E-state index in [1.807, 2.05) is 17.0 Å². The molecule has 142 valence electrons. The van der Waals surface area contributed by atoms with Gasteiger partial charge in [0.05, 0.1) is 0 Å². The van der Waals surface area contributed by atoms with Crippen LogP contribution in [0.4, 0.5) is 5.69 Å². The van der Waals surface area contributed by atoms with Crippen LogP contribution in [0.15, 0.2) is 48.2 Å². The zero-order chi connectivity index (χ0) is 20.0. The third kappa shape index (κ3) is 5.49. The van der Waals surface area contributed by atoms with Crippen LogP contribution >= 0.6 is 0 Å². The Morgan fingerprint density at radius 1 is 1.11 bits per heavy atom. The van der Waals surface area contributed by atoms with Gasteiger partial charge in [-0.1, -0.05) is 52.0 Å². The molecule has 0 saturated heterocycles. The number of carbonyl (C=O) groups is 1. The number of benzene rings is 2. The first-order valence-corrected chi connectivity index (χ1v) is 9.19. The molecular weight excluding hydrogens is 338 g/mol.